The molecule has 3 aliphatic heterocycles. The van der Waals surface area contributed by atoms with Gasteiger partial charge in [0.05, 0.1) is 31.1 Å². The van der Waals surface area contributed by atoms with Gasteiger partial charge in [-0.2, -0.15) is 0 Å². The molecule has 0 radical (unpaired) electrons. The normalized spacial score (nSPS) is 20.0. The average molecular weight is 483 g/mol. The van der Waals surface area contributed by atoms with Gasteiger partial charge in [-0.15, -0.1) is 0 Å². The lowest BCUT2D eigenvalue weighted by Gasteiger charge is -2.34. The van der Waals surface area contributed by atoms with Crippen molar-refractivity contribution in [3.05, 3.63) is 58.7 Å². The summed E-state index contributed by atoms with van der Waals surface area (Å²) in [5, 5.41) is 11.6. The number of pyridine rings is 1. The summed E-state index contributed by atoms with van der Waals surface area (Å²) in [5.41, 5.74) is 4.12. The molecule has 0 saturated carbocycles. The lowest BCUT2D eigenvalue weighted by Crippen LogP contribution is -2.47. The fraction of sp³-hybridized carbons (Fsp3) is 0.462. The van der Waals surface area contributed by atoms with E-state index in [2.05, 4.69) is 15.1 Å². The van der Waals surface area contributed by atoms with Crippen molar-refractivity contribution in [1.29, 1.82) is 0 Å². The Morgan fingerprint density at radius 3 is 2.66 bits per heavy atom. The number of nitrogens with one attached hydrogen (secondary N) is 1. The lowest BCUT2D eigenvalue weighted by molar-refractivity contribution is -0.110. The molecular weight excluding hydrogens is 451 g/mol. The second-order valence-electron chi connectivity index (χ2n) is 9.06. The number of benzene rings is 1. The maximum atomic E-state index is 13.8. The predicted octanol–water partition coefficient (Wildman–Crippen LogP) is 2.13. The molecule has 35 heavy (non-hydrogen) atoms. The van der Waals surface area contributed by atoms with Crippen LogP contribution in [-0.4, -0.2) is 84.9 Å². The van der Waals surface area contributed by atoms with E-state index in [4.69, 9.17) is 19.6 Å². The fourth-order valence-electron chi connectivity index (χ4n) is 4.87. The van der Waals surface area contributed by atoms with E-state index in [-0.39, 0.29) is 12.5 Å². The number of halogens is 1. The second-order valence-corrected chi connectivity index (χ2v) is 9.06. The highest BCUT2D eigenvalue weighted by molar-refractivity contribution is 6.36. The molecule has 3 aliphatic rings. The summed E-state index contributed by atoms with van der Waals surface area (Å²) >= 11 is 0. The van der Waals surface area contributed by atoms with Crippen LogP contribution in [0.4, 0.5) is 10.1 Å². The number of nitrogens with zero attached hydrogens (tertiary/aromatic N) is 3. The van der Waals surface area contributed by atoms with E-state index in [0.29, 0.717) is 42.4 Å². The van der Waals surface area contributed by atoms with Crippen LogP contribution in [0.2, 0.25) is 0 Å². The molecule has 0 atom stereocenters. The van der Waals surface area contributed by atoms with E-state index in [9.17, 15) is 9.18 Å². The Hall–Kier alpha value is -2.85. The van der Waals surface area contributed by atoms with Crippen molar-refractivity contribution in [3.63, 3.8) is 0 Å². The van der Waals surface area contributed by atoms with Crippen LogP contribution in [0.1, 0.15) is 28.9 Å². The number of fused-ring (bicyclic) bond motifs is 2. The number of amides is 1. The Balaban J connectivity index is 1.15. The third-order valence-corrected chi connectivity index (χ3v) is 6.74. The number of carbonyl (C=O) groups is 1. The minimum absolute atomic E-state index is 0.0751. The highest BCUT2D eigenvalue weighted by atomic mass is 19.1. The van der Waals surface area contributed by atoms with Crippen molar-refractivity contribution in [3.8, 4) is 0 Å². The number of ether oxygens (including phenoxy) is 2. The number of anilines is 1. The van der Waals surface area contributed by atoms with Gasteiger partial charge in [-0.05, 0) is 49.7 Å². The summed E-state index contributed by atoms with van der Waals surface area (Å²) < 4.78 is 25.1. The van der Waals surface area contributed by atoms with Crippen LogP contribution < -0.4 is 5.32 Å². The Morgan fingerprint density at radius 2 is 1.86 bits per heavy atom. The minimum Gasteiger partial charge on any atom is -0.486 e. The van der Waals surface area contributed by atoms with Gasteiger partial charge in [0.1, 0.15) is 18.2 Å². The SMILES string of the molecule is O=C1Nc2ccc(F)cc2/C1=C1\OCc2nc(CCCN3CCN(CCOCCO)CC3)ccc21. The number of rotatable bonds is 9. The van der Waals surface area contributed by atoms with E-state index in [1.54, 1.807) is 6.07 Å². The molecule has 9 heteroatoms. The summed E-state index contributed by atoms with van der Waals surface area (Å²) in [6.45, 7) is 7.57. The zero-order chi connectivity index (χ0) is 24.2. The van der Waals surface area contributed by atoms with Crippen molar-refractivity contribution in [2.45, 2.75) is 19.4 Å². The summed E-state index contributed by atoms with van der Waals surface area (Å²) in [5.74, 6) is -0.200. The number of carbonyl (C=O) groups excluding carboxylic acids is 1. The Labute approximate surface area is 204 Å². The van der Waals surface area contributed by atoms with Crippen molar-refractivity contribution in [2.75, 3.05) is 64.4 Å². The molecule has 1 saturated heterocycles. The highest BCUT2D eigenvalue weighted by Crippen LogP contribution is 2.41. The van der Waals surface area contributed by atoms with Crippen LogP contribution in [0.15, 0.2) is 30.3 Å². The number of piperazine rings is 1. The van der Waals surface area contributed by atoms with E-state index in [0.717, 1.165) is 69.1 Å². The Morgan fingerprint density at radius 1 is 1.06 bits per heavy atom. The van der Waals surface area contributed by atoms with Gasteiger partial charge in [0.25, 0.3) is 5.91 Å². The summed E-state index contributed by atoms with van der Waals surface area (Å²) in [4.78, 5) is 22.3. The molecule has 2 aromatic rings. The molecule has 8 nitrogen and oxygen atoms in total. The molecule has 0 aliphatic carbocycles. The Bertz CT molecular complexity index is 1110. The number of hydrogen-bond acceptors (Lipinski definition) is 7. The van der Waals surface area contributed by atoms with Gasteiger partial charge in [0, 0.05) is 55.2 Å². The van der Waals surface area contributed by atoms with Gasteiger partial charge in [-0.1, -0.05) is 0 Å². The average Bonchev–Trinajstić information content (AvgIpc) is 3.41. The number of aliphatic hydroxyl groups excluding tert-OH is 1. The zero-order valence-electron chi connectivity index (χ0n) is 19.8. The first-order valence-electron chi connectivity index (χ1n) is 12.2. The molecule has 5 rings (SSSR count). The topological polar surface area (TPSA) is 87.2 Å². The summed E-state index contributed by atoms with van der Waals surface area (Å²) in [6, 6.07) is 8.23. The van der Waals surface area contributed by atoms with Crippen molar-refractivity contribution >= 4 is 22.9 Å². The number of hydrogen-bond donors (Lipinski definition) is 2. The highest BCUT2D eigenvalue weighted by Gasteiger charge is 2.33. The third kappa shape index (κ3) is 5.38. The van der Waals surface area contributed by atoms with Crippen LogP contribution in [0.25, 0.3) is 11.3 Å². The largest absolute Gasteiger partial charge is 0.486 e. The van der Waals surface area contributed by atoms with Crippen LogP contribution in [0, 0.1) is 5.82 Å². The molecule has 1 amide bonds. The molecule has 4 heterocycles. The first kappa shape index (κ1) is 23.9. The number of aryl methyl sites for hydroxylation is 1. The number of aliphatic hydroxyl groups is 1. The predicted molar refractivity (Wildman–Crippen MR) is 130 cm³/mol. The quantitative estimate of drug-likeness (QED) is 0.418. The van der Waals surface area contributed by atoms with E-state index in [1.165, 1.54) is 12.1 Å². The standard InChI is InChI=1S/C26H31FN4O4/c27-18-3-6-22-21(16-18)24(26(33)29-22)25-20-5-4-19(28-23(20)17-35-25)2-1-7-30-8-10-31(11-9-30)12-14-34-15-13-32/h3-6,16,32H,1-2,7-15,17H2,(H,29,33)/b25-24+. The van der Waals surface area contributed by atoms with Crippen molar-refractivity contribution in [2.24, 2.45) is 0 Å². The van der Waals surface area contributed by atoms with Gasteiger partial charge in [-0.3, -0.25) is 14.7 Å². The van der Waals surface area contributed by atoms with Gasteiger partial charge in [0.15, 0.2) is 0 Å². The molecule has 0 spiro atoms. The maximum Gasteiger partial charge on any atom is 0.260 e. The first-order valence-corrected chi connectivity index (χ1v) is 12.2. The second kappa shape index (κ2) is 10.8. The molecule has 0 unspecified atom stereocenters. The van der Waals surface area contributed by atoms with Crippen LogP contribution in [-0.2, 0) is 27.3 Å². The van der Waals surface area contributed by atoms with Gasteiger partial charge >= 0.3 is 0 Å². The molecule has 1 aromatic carbocycles. The zero-order valence-corrected chi connectivity index (χ0v) is 19.8. The van der Waals surface area contributed by atoms with Gasteiger partial charge in [0.2, 0.25) is 0 Å². The monoisotopic (exact) mass is 482 g/mol. The summed E-state index contributed by atoms with van der Waals surface area (Å²) in [6.07, 6.45) is 1.90. The molecule has 1 aromatic heterocycles. The lowest BCUT2D eigenvalue weighted by atomic mass is 10.0. The molecule has 1 fully saturated rings. The van der Waals surface area contributed by atoms with Crippen LogP contribution in [0.5, 0.6) is 0 Å². The number of aromatic nitrogens is 1. The third-order valence-electron chi connectivity index (χ3n) is 6.74. The minimum atomic E-state index is -0.390. The fourth-order valence-corrected chi connectivity index (χ4v) is 4.87. The van der Waals surface area contributed by atoms with Crippen LogP contribution in [0.3, 0.4) is 0 Å². The van der Waals surface area contributed by atoms with Crippen LogP contribution >= 0.6 is 0 Å². The molecule has 2 N–H and O–H groups in total. The van der Waals surface area contributed by atoms with E-state index < -0.39 is 5.82 Å². The van der Waals surface area contributed by atoms with Gasteiger partial charge < -0.3 is 24.8 Å². The molecule has 186 valence electrons. The smallest absolute Gasteiger partial charge is 0.260 e. The Kier molecular flexibility index (Phi) is 7.38. The van der Waals surface area contributed by atoms with Crippen molar-refractivity contribution in [1.82, 2.24) is 14.8 Å². The maximum absolute atomic E-state index is 13.8. The van der Waals surface area contributed by atoms with E-state index in [1.807, 2.05) is 12.1 Å². The summed E-state index contributed by atoms with van der Waals surface area (Å²) in [7, 11) is 0. The van der Waals surface area contributed by atoms with Gasteiger partial charge in [-0.25, -0.2) is 4.39 Å². The first-order chi connectivity index (χ1) is 17.1. The van der Waals surface area contributed by atoms with E-state index >= 15 is 0 Å². The molecule has 0 bridgehead atoms. The molecular formula is C26H31FN4O4. The van der Waals surface area contributed by atoms with Crippen molar-refractivity contribution < 1.29 is 23.8 Å².